The third kappa shape index (κ3) is 5.52. The van der Waals surface area contributed by atoms with E-state index in [1.54, 1.807) is 32.0 Å². The summed E-state index contributed by atoms with van der Waals surface area (Å²) in [6, 6.07) is 8.80. The van der Waals surface area contributed by atoms with Crippen LogP contribution in [0.25, 0.3) is 11.0 Å². The molecule has 2 N–H and O–H groups in total. The van der Waals surface area contributed by atoms with Gasteiger partial charge >= 0.3 is 6.18 Å². The predicted molar refractivity (Wildman–Crippen MR) is 142 cm³/mol. The molecule has 3 aromatic rings. The van der Waals surface area contributed by atoms with Crippen molar-refractivity contribution < 1.29 is 23.0 Å². The topological polar surface area (TPSA) is 64.6 Å². The largest absolute Gasteiger partial charge is 0.493 e. The fraction of sp³-hybridized carbons (Fsp3) is 0.536. The molecule has 38 heavy (non-hydrogen) atoms. The van der Waals surface area contributed by atoms with E-state index in [0.29, 0.717) is 46.9 Å². The molecule has 2 aromatic heterocycles. The lowest BCUT2D eigenvalue weighted by molar-refractivity contribution is -0.266. The van der Waals surface area contributed by atoms with Crippen LogP contribution in [0, 0.1) is 0 Å². The molecule has 1 aromatic carbocycles. The van der Waals surface area contributed by atoms with Crippen LogP contribution in [0.3, 0.4) is 0 Å². The summed E-state index contributed by atoms with van der Waals surface area (Å²) in [5.74, 6) is 0.576. The van der Waals surface area contributed by atoms with Gasteiger partial charge in [-0.25, -0.2) is 4.98 Å². The molecule has 10 heteroatoms. The molecule has 0 spiro atoms. The van der Waals surface area contributed by atoms with Crippen LogP contribution in [-0.2, 0) is 24.8 Å². The molecular weight excluding hydrogens is 517 g/mol. The van der Waals surface area contributed by atoms with E-state index in [1.165, 1.54) is 0 Å². The second-order valence-corrected chi connectivity index (χ2v) is 11.9. The van der Waals surface area contributed by atoms with Gasteiger partial charge in [-0.15, -0.1) is 0 Å². The summed E-state index contributed by atoms with van der Waals surface area (Å²) < 4.78 is 49.1. The number of ether oxygens (including phenoxy) is 1. The molecule has 5 rings (SSSR count). The van der Waals surface area contributed by atoms with E-state index in [0.717, 1.165) is 37.4 Å². The van der Waals surface area contributed by atoms with Crippen molar-refractivity contribution in [3.8, 4) is 5.75 Å². The van der Waals surface area contributed by atoms with Crippen molar-refractivity contribution in [3.63, 3.8) is 0 Å². The number of rotatable bonds is 7. The lowest BCUT2D eigenvalue weighted by Crippen LogP contribution is -2.51. The number of aromatic nitrogens is 2. The van der Waals surface area contributed by atoms with Crippen molar-refractivity contribution in [1.29, 1.82) is 0 Å². The first-order chi connectivity index (χ1) is 17.8. The lowest BCUT2D eigenvalue weighted by atomic mass is 9.73. The van der Waals surface area contributed by atoms with Crippen molar-refractivity contribution >= 4 is 22.6 Å². The smallest absolute Gasteiger partial charge is 0.417 e. The molecule has 2 aliphatic rings. The maximum atomic E-state index is 14.5. The number of nitrogens with one attached hydrogen (secondary N) is 1. The first kappa shape index (κ1) is 27.2. The number of benzene rings is 1. The number of halogens is 4. The molecule has 0 amide bonds. The number of aliphatic hydroxyl groups is 1. The summed E-state index contributed by atoms with van der Waals surface area (Å²) in [6.07, 6.45) is -5.38. The van der Waals surface area contributed by atoms with Gasteiger partial charge in [0.2, 0.25) is 0 Å². The number of nitrogens with zero attached hydrogens (tertiary/aromatic N) is 3. The number of fused-ring (bicyclic) bond motifs is 2. The monoisotopic (exact) mass is 550 g/mol. The fourth-order valence-corrected chi connectivity index (χ4v) is 5.94. The third-order valence-electron chi connectivity index (χ3n) is 7.79. The van der Waals surface area contributed by atoms with Gasteiger partial charge < -0.3 is 19.7 Å². The highest BCUT2D eigenvalue weighted by Gasteiger charge is 2.56. The van der Waals surface area contributed by atoms with E-state index in [2.05, 4.69) is 21.8 Å². The second-order valence-electron chi connectivity index (χ2n) is 11.4. The number of pyridine rings is 1. The number of H-pyrrole nitrogens is 1. The Morgan fingerprint density at radius 1 is 1.11 bits per heavy atom. The van der Waals surface area contributed by atoms with Gasteiger partial charge in [0.1, 0.15) is 5.75 Å². The van der Waals surface area contributed by atoms with Crippen molar-refractivity contribution in [3.05, 3.63) is 57.9 Å². The van der Waals surface area contributed by atoms with Gasteiger partial charge in [0.25, 0.3) is 0 Å². The fourth-order valence-electron chi connectivity index (χ4n) is 5.70. The van der Waals surface area contributed by atoms with Crippen LogP contribution in [0.15, 0.2) is 30.3 Å². The van der Waals surface area contributed by atoms with Crippen molar-refractivity contribution in [2.75, 3.05) is 39.8 Å². The molecule has 1 unspecified atom stereocenters. The van der Waals surface area contributed by atoms with Gasteiger partial charge in [-0.3, -0.25) is 4.90 Å². The molecule has 2 aliphatic heterocycles. The molecule has 0 aliphatic carbocycles. The van der Waals surface area contributed by atoms with E-state index in [-0.39, 0.29) is 5.69 Å². The number of piperazine rings is 1. The quantitative estimate of drug-likeness (QED) is 0.428. The minimum atomic E-state index is -4.86. The average molecular weight is 551 g/mol. The van der Waals surface area contributed by atoms with Crippen LogP contribution in [0.2, 0.25) is 5.02 Å². The summed E-state index contributed by atoms with van der Waals surface area (Å²) in [5.41, 5.74) is -0.194. The Kier molecular flexibility index (Phi) is 7.18. The summed E-state index contributed by atoms with van der Waals surface area (Å²) in [6.45, 7) is 8.41. The molecule has 0 bridgehead atoms. The Labute approximate surface area is 225 Å². The van der Waals surface area contributed by atoms with Crippen LogP contribution in [-0.4, -0.2) is 76.5 Å². The standard InChI is InChI=1S/C28H34ClF3N4O2/c1-26(2,22-13-19(29)12-18-6-11-38-25(18)22)17-27(37,28(30,31)32)15-21-14-24-23(34-21)5-4-20(33-24)16-36-9-7-35(3)8-10-36/h4-5,12-14,34,37H,6-11,15-17H2,1-3H3. The van der Waals surface area contributed by atoms with Crippen LogP contribution in [0.1, 0.15) is 42.8 Å². The summed E-state index contributed by atoms with van der Waals surface area (Å²) in [5, 5.41) is 11.6. The Hall–Kier alpha value is -2.33. The Bertz CT molecular complexity index is 1320. The molecule has 1 fully saturated rings. The number of likely N-dealkylation sites (N-methyl/N-ethyl adjacent to an activating group) is 1. The minimum absolute atomic E-state index is 0.285. The predicted octanol–water partition coefficient (Wildman–Crippen LogP) is 5.10. The SMILES string of the molecule is CN1CCN(Cc2ccc3[nH]c(CC(O)(CC(C)(C)c4cc(Cl)cc5c4OCC5)C(F)(F)F)cc3n2)CC1. The third-order valence-corrected chi connectivity index (χ3v) is 8.01. The van der Waals surface area contributed by atoms with Gasteiger partial charge in [0.15, 0.2) is 5.60 Å². The minimum Gasteiger partial charge on any atom is -0.493 e. The first-order valence-corrected chi connectivity index (χ1v) is 13.3. The normalized spacial score (nSPS) is 18.9. The highest BCUT2D eigenvalue weighted by Crippen LogP contribution is 2.47. The van der Waals surface area contributed by atoms with Gasteiger partial charge in [0.05, 0.1) is 23.3 Å². The molecule has 1 saturated heterocycles. The molecular formula is C28H34ClF3N4O2. The highest BCUT2D eigenvalue weighted by molar-refractivity contribution is 6.30. The number of alkyl halides is 3. The molecule has 6 nitrogen and oxygen atoms in total. The highest BCUT2D eigenvalue weighted by atomic mass is 35.5. The number of hydrogen-bond acceptors (Lipinski definition) is 5. The van der Waals surface area contributed by atoms with Crippen LogP contribution < -0.4 is 4.74 Å². The van der Waals surface area contributed by atoms with Gasteiger partial charge in [-0.1, -0.05) is 25.4 Å². The van der Waals surface area contributed by atoms with E-state index in [4.69, 9.17) is 21.3 Å². The zero-order valence-corrected chi connectivity index (χ0v) is 22.7. The zero-order valence-electron chi connectivity index (χ0n) is 22.0. The van der Waals surface area contributed by atoms with E-state index < -0.39 is 30.0 Å². The molecule has 0 saturated carbocycles. The van der Waals surface area contributed by atoms with Crippen LogP contribution >= 0.6 is 11.6 Å². The zero-order chi connectivity index (χ0) is 27.3. The van der Waals surface area contributed by atoms with Gasteiger partial charge in [-0.05, 0) is 54.8 Å². The van der Waals surface area contributed by atoms with Gasteiger partial charge in [0, 0.05) is 61.8 Å². The molecule has 0 radical (unpaired) electrons. The molecule has 4 heterocycles. The van der Waals surface area contributed by atoms with E-state index in [9.17, 15) is 18.3 Å². The van der Waals surface area contributed by atoms with Crippen LogP contribution in [0.4, 0.5) is 13.2 Å². The number of aromatic amines is 1. The average Bonchev–Trinajstić information content (AvgIpc) is 3.44. The maximum Gasteiger partial charge on any atom is 0.417 e. The molecule has 1 atom stereocenters. The molecule has 206 valence electrons. The summed E-state index contributed by atoms with van der Waals surface area (Å²) in [4.78, 5) is 12.3. The van der Waals surface area contributed by atoms with Crippen molar-refractivity contribution in [2.24, 2.45) is 0 Å². The Morgan fingerprint density at radius 2 is 1.84 bits per heavy atom. The lowest BCUT2D eigenvalue weighted by Gasteiger charge is -2.38. The summed E-state index contributed by atoms with van der Waals surface area (Å²) >= 11 is 6.29. The van der Waals surface area contributed by atoms with Crippen molar-refractivity contribution in [2.45, 2.75) is 56.8 Å². The Morgan fingerprint density at radius 3 is 2.55 bits per heavy atom. The first-order valence-electron chi connectivity index (χ1n) is 13.0. The summed E-state index contributed by atoms with van der Waals surface area (Å²) in [7, 11) is 2.10. The Balaban J connectivity index is 1.39. The van der Waals surface area contributed by atoms with Gasteiger partial charge in [-0.2, -0.15) is 13.2 Å². The second kappa shape index (κ2) is 10.0. The van der Waals surface area contributed by atoms with E-state index >= 15 is 0 Å². The number of hydrogen-bond donors (Lipinski definition) is 2. The van der Waals surface area contributed by atoms with Crippen molar-refractivity contribution in [1.82, 2.24) is 19.8 Å². The van der Waals surface area contributed by atoms with Crippen LogP contribution in [0.5, 0.6) is 5.75 Å². The van der Waals surface area contributed by atoms with E-state index in [1.807, 2.05) is 12.1 Å². The maximum absolute atomic E-state index is 14.5.